The second kappa shape index (κ2) is 7.21. The molecule has 0 heterocycles. The smallest absolute Gasteiger partial charge is 0.238 e. The molecule has 0 spiro atoms. The minimum Gasteiger partial charge on any atom is -0.332 e. The molecule has 122 valence electrons. The molecule has 2 aromatic carbocycles. The van der Waals surface area contributed by atoms with Crippen LogP contribution in [0.4, 0.5) is 11.4 Å². The molecular weight excluding hydrogens is 401 g/mol. The van der Waals surface area contributed by atoms with Crippen LogP contribution >= 0.6 is 47.0 Å². The van der Waals surface area contributed by atoms with Gasteiger partial charge in [0.05, 0.1) is 20.6 Å². The minimum atomic E-state index is -3.74. The second-order valence-electron chi connectivity index (χ2n) is 4.39. The topological polar surface area (TPSA) is 84.2 Å². The Hall–Kier alpha value is -1.09. The van der Waals surface area contributed by atoms with E-state index in [4.69, 9.17) is 52.2 Å². The monoisotopic (exact) mass is 409 g/mol. The zero-order chi connectivity index (χ0) is 17.2. The van der Waals surface area contributed by atoms with Crippen LogP contribution in [0.25, 0.3) is 0 Å². The fourth-order valence-electron chi connectivity index (χ4n) is 1.67. The molecule has 0 aromatic heterocycles. The van der Waals surface area contributed by atoms with Crippen molar-refractivity contribution in [2.45, 2.75) is 4.90 Å². The average molecular weight is 411 g/mol. The molecule has 0 aliphatic carbocycles. The number of sulfonamides is 1. The quantitative estimate of drug-likeness (QED) is 0.663. The largest absolute Gasteiger partial charge is 0.332 e. The minimum absolute atomic E-state index is 0.00529. The predicted molar refractivity (Wildman–Crippen MR) is 99.1 cm³/mol. The summed E-state index contributed by atoms with van der Waals surface area (Å²) in [6.07, 6.45) is 0. The Labute approximate surface area is 153 Å². The van der Waals surface area contributed by atoms with Gasteiger partial charge in [0.25, 0.3) is 0 Å². The lowest BCUT2D eigenvalue weighted by atomic mass is 10.3. The van der Waals surface area contributed by atoms with E-state index in [1.165, 1.54) is 36.4 Å². The summed E-state index contributed by atoms with van der Waals surface area (Å²) >= 11 is 23.1. The number of halogens is 3. The van der Waals surface area contributed by atoms with Gasteiger partial charge in [0.2, 0.25) is 10.0 Å². The maximum absolute atomic E-state index is 11.2. The summed E-state index contributed by atoms with van der Waals surface area (Å²) in [7, 11) is -3.74. The number of rotatable bonds is 3. The average Bonchev–Trinajstić information content (AvgIpc) is 2.42. The Morgan fingerprint density at radius 3 is 2.00 bits per heavy atom. The SMILES string of the molecule is NS(=O)(=O)c1ccc(NC(=S)Nc2c(Cl)cc(Cl)cc2Cl)cc1. The van der Waals surface area contributed by atoms with E-state index in [0.717, 1.165) is 0 Å². The lowest BCUT2D eigenvalue weighted by molar-refractivity contribution is 0.598. The van der Waals surface area contributed by atoms with Gasteiger partial charge in [0, 0.05) is 10.7 Å². The Morgan fingerprint density at radius 2 is 1.52 bits per heavy atom. The van der Waals surface area contributed by atoms with Gasteiger partial charge in [-0.05, 0) is 48.6 Å². The Bertz CT molecular complexity index is 832. The van der Waals surface area contributed by atoms with E-state index in [2.05, 4.69) is 10.6 Å². The highest BCUT2D eigenvalue weighted by molar-refractivity contribution is 7.89. The summed E-state index contributed by atoms with van der Waals surface area (Å²) in [6, 6.07) is 8.84. The second-order valence-corrected chi connectivity index (χ2v) is 7.61. The van der Waals surface area contributed by atoms with Crippen molar-refractivity contribution < 1.29 is 8.42 Å². The first-order valence-corrected chi connectivity index (χ1v) is 9.11. The molecule has 2 rings (SSSR count). The van der Waals surface area contributed by atoms with E-state index < -0.39 is 10.0 Å². The summed E-state index contributed by atoms with van der Waals surface area (Å²) in [5.41, 5.74) is 0.979. The highest BCUT2D eigenvalue weighted by Crippen LogP contribution is 2.33. The van der Waals surface area contributed by atoms with Crippen LogP contribution in [-0.4, -0.2) is 13.5 Å². The number of hydrogen-bond donors (Lipinski definition) is 3. The summed E-state index contributed by atoms with van der Waals surface area (Å²) in [5.74, 6) is 0. The van der Waals surface area contributed by atoms with Crippen molar-refractivity contribution in [2.75, 3.05) is 10.6 Å². The van der Waals surface area contributed by atoms with Crippen LogP contribution in [0.3, 0.4) is 0 Å². The van der Waals surface area contributed by atoms with Crippen LogP contribution in [0.1, 0.15) is 0 Å². The van der Waals surface area contributed by atoms with E-state index in [-0.39, 0.29) is 10.0 Å². The maximum Gasteiger partial charge on any atom is 0.238 e. The van der Waals surface area contributed by atoms with Crippen molar-refractivity contribution in [3.8, 4) is 0 Å². The van der Waals surface area contributed by atoms with Crippen LogP contribution in [0.15, 0.2) is 41.3 Å². The summed E-state index contributed by atoms with van der Waals surface area (Å²) < 4.78 is 22.4. The van der Waals surface area contributed by atoms with Crippen molar-refractivity contribution in [1.82, 2.24) is 0 Å². The molecule has 0 saturated carbocycles. The zero-order valence-corrected chi connectivity index (χ0v) is 15.2. The fraction of sp³-hybridized carbons (Fsp3) is 0. The maximum atomic E-state index is 11.2. The van der Waals surface area contributed by atoms with Crippen LogP contribution in [0, 0.1) is 0 Å². The van der Waals surface area contributed by atoms with E-state index >= 15 is 0 Å². The van der Waals surface area contributed by atoms with Crippen LogP contribution in [-0.2, 0) is 10.0 Å². The van der Waals surface area contributed by atoms with Gasteiger partial charge in [-0.15, -0.1) is 0 Å². The van der Waals surface area contributed by atoms with E-state index in [0.29, 0.717) is 26.4 Å². The van der Waals surface area contributed by atoms with Crippen LogP contribution in [0.2, 0.25) is 15.1 Å². The van der Waals surface area contributed by atoms with Gasteiger partial charge < -0.3 is 10.6 Å². The van der Waals surface area contributed by atoms with E-state index in [1.807, 2.05) is 0 Å². The number of primary sulfonamides is 1. The van der Waals surface area contributed by atoms with Gasteiger partial charge in [0.1, 0.15) is 0 Å². The number of thiocarbonyl (C=S) groups is 1. The van der Waals surface area contributed by atoms with Crippen molar-refractivity contribution in [3.05, 3.63) is 51.5 Å². The Balaban J connectivity index is 2.11. The molecule has 10 heteroatoms. The van der Waals surface area contributed by atoms with Crippen molar-refractivity contribution in [2.24, 2.45) is 5.14 Å². The Morgan fingerprint density at radius 1 is 1.00 bits per heavy atom. The van der Waals surface area contributed by atoms with E-state index in [9.17, 15) is 8.42 Å². The third kappa shape index (κ3) is 4.94. The van der Waals surface area contributed by atoms with Crippen molar-refractivity contribution >= 4 is 73.5 Å². The zero-order valence-electron chi connectivity index (χ0n) is 11.3. The lowest BCUT2D eigenvalue weighted by Crippen LogP contribution is -2.19. The highest BCUT2D eigenvalue weighted by atomic mass is 35.5. The third-order valence-electron chi connectivity index (χ3n) is 2.69. The van der Waals surface area contributed by atoms with Gasteiger partial charge in [-0.3, -0.25) is 0 Å². The number of anilines is 2. The first kappa shape index (κ1) is 18.3. The molecule has 4 N–H and O–H groups in total. The predicted octanol–water partition coefficient (Wildman–Crippen LogP) is 4.10. The molecule has 0 radical (unpaired) electrons. The standard InChI is InChI=1S/C13H10Cl3N3O2S2/c14-7-5-10(15)12(11(16)6-7)19-13(22)18-8-1-3-9(4-2-8)23(17,20)21/h1-6H,(H2,17,20,21)(H2,18,19,22). The molecule has 2 aromatic rings. The fourth-order valence-corrected chi connectivity index (χ4v) is 3.31. The van der Waals surface area contributed by atoms with E-state index in [1.54, 1.807) is 0 Å². The van der Waals surface area contributed by atoms with Gasteiger partial charge in [-0.25, -0.2) is 13.6 Å². The molecule has 0 aliphatic rings. The molecule has 0 unspecified atom stereocenters. The summed E-state index contributed by atoms with van der Waals surface area (Å²) in [6.45, 7) is 0. The molecule has 5 nitrogen and oxygen atoms in total. The first-order chi connectivity index (χ1) is 10.7. The Kier molecular flexibility index (Phi) is 5.72. The first-order valence-electron chi connectivity index (χ1n) is 6.02. The molecule has 23 heavy (non-hydrogen) atoms. The molecule has 0 aliphatic heterocycles. The summed E-state index contributed by atoms with van der Waals surface area (Å²) in [4.78, 5) is 0.00529. The normalized spacial score (nSPS) is 11.1. The van der Waals surface area contributed by atoms with Gasteiger partial charge in [-0.2, -0.15) is 0 Å². The lowest BCUT2D eigenvalue weighted by Gasteiger charge is -2.13. The number of hydrogen-bond acceptors (Lipinski definition) is 3. The molecule has 0 fully saturated rings. The highest BCUT2D eigenvalue weighted by Gasteiger charge is 2.10. The molecule has 0 bridgehead atoms. The van der Waals surface area contributed by atoms with Crippen molar-refractivity contribution in [3.63, 3.8) is 0 Å². The van der Waals surface area contributed by atoms with Gasteiger partial charge >= 0.3 is 0 Å². The van der Waals surface area contributed by atoms with Crippen molar-refractivity contribution in [1.29, 1.82) is 0 Å². The molecule has 0 amide bonds. The number of benzene rings is 2. The number of nitrogens with one attached hydrogen (secondary N) is 2. The van der Waals surface area contributed by atoms with Crippen LogP contribution in [0.5, 0.6) is 0 Å². The molecule has 0 saturated heterocycles. The van der Waals surface area contributed by atoms with Gasteiger partial charge in [0.15, 0.2) is 5.11 Å². The third-order valence-corrected chi connectivity index (χ3v) is 4.63. The molecular formula is C13H10Cl3N3O2S2. The molecule has 0 atom stereocenters. The van der Waals surface area contributed by atoms with Gasteiger partial charge in [-0.1, -0.05) is 34.8 Å². The summed E-state index contributed by atoms with van der Waals surface area (Å²) in [5, 5.41) is 12.0. The van der Waals surface area contributed by atoms with Crippen LogP contribution < -0.4 is 15.8 Å². The number of nitrogens with two attached hydrogens (primary N) is 1.